The van der Waals surface area contributed by atoms with E-state index in [4.69, 9.17) is 0 Å². The van der Waals surface area contributed by atoms with E-state index in [0.29, 0.717) is 16.7 Å². The molecule has 0 amide bonds. The van der Waals surface area contributed by atoms with Gasteiger partial charge in [0.1, 0.15) is 0 Å². The van der Waals surface area contributed by atoms with Crippen LogP contribution in [0.5, 0.6) is 0 Å². The van der Waals surface area contributed by atoms with Crippen LogP contribution in [0.15, 0.2) is 12.2 Å². The van der Waals surface area contributed by atoms with Crippen molar-refractivity contribution < 1.29 is 5.11 Å². The molecule has 4 fully saturated rings. The molecule has 1 spiro atoms. The number of rotatable bonds is 0. The van der Waals surface area contributed by atoms with Crippen LogP contribution in [0.2, 0.25) is 0 Å². The van der Waals surface area contributed by atoms with Gasteiger partial charge in [0.25, 0.3) is 0 Å². The molecule has 6 atom stereocenters. The van der Waals surface area contributed by atoms with Gasteiger partial charge in [-0.1, -0.05) is 32.9 Å². The molecule has 1 nitrogen and oxygen atoms in total. The predicted octanol–water partition coefficient (Wildman–Crippen LogP) is 4.95. The van der Waals surface area contributed by atoms with Crippen LogP contribution in [0.25, 0.3) is 0 Å². The first kappa shape index (κ1) is 14.3. The van der Waals surface area contributed by atoms with Crippen LogP contribution in [0.4, 0.5) is 0 Å². The smallest absolute Gasteiger partial charge is 0.0594 e. The van der Waals surface area contributed by atoms with Crippen LogP contribution in [-0.4, -0.2) is 11.2 Å². The third-order valence-corrected chi connectivity index (χ3v) is 8.59. The number of fused-ring (bicyclic) bond motifs is 3. The SMILES string of the molecule is C=C1C[C@@]23CCC4C(C)(C)[C@H](O)CC[C@@]4(C)C2CC[C@H]1C3. The van der Waals surface area contributed by atoms with Crippen LogP contribution in [-0.2, 0) is 0 Å². The summed E-state index contributed by atoms with van der Waals surface area (Å²) in [5.74, 6) is 2.42. The van der Waals surface area contributed by atoms with E-state index >= 15 is 0 Å². The van der Waals surface area contributed by atoms with E-state index in [9.17, 15) is 5.11 Å². The Bertz CT molecular complexity index is 478. The molecule has 0 aromatic carbocycles. The lowest BCUT2D eigenvalue weighted by atomic mass is 9.41. The summed E-state index contributed by atoms with van der Waals surface area (Å²) >= 11 is 0. The number of hydrogen-bond donors (Lipinski definition) is 1. The molecule has 0 aliphatic heterocycles. The first-order chi connectivity index (χ1) is 9.80. The zero-order valence-corrected chi connectivity index (χ0v) is 14.1. The Morgan fingerprint density at radius 3 is 2.52 bits per heavy atom. The maximum atomic E-state index is 10.5. The molecule has 4 saturated carbocycles. The molecule has 0 saturated heterocycles. The van der Waals surface area contributed by atoms with Crippen molar-refractivity contribution >= 4 is 0 Å². The van der Waals surface area contributed by atoms with Crippen molar-refractivity contribution in [2.45, 2.75) is 78.2 Å². The molecular weight excluding hydrogens is 256 g/mol. The molecule has 0 radical (unpaired) electrons. The second kappa shape index (κ2) is 4.16. The highest BCUT2D eigenvalue weighted by Crippen LogP contribution is 2.72. The topological polar surface area (TPSA) is 20.2 Å². The highest BCUT2D eigenvalue weighted by atomic mass is 16.3. The Balaban J connectivity index is 1.74. The van der Waals surface area contributed by atoms with Gasteiger partial charge in [0.05, 0.1) is 6.10 Å². The van der Waals surface area contributed by atoms with Gasteiger partial charge in [-0.15, -0.1) is 0 Å². The van der Waals surface area contributed by atoms with Gasteiger partial charge in [-0.25, -0.2) is 0 Å². The molecule has 2 bridgehead atoms. The van der Waals surface area contributed by atoms with E-state index in [1.807, 2.05) is 0 Å². The summed E-state index contributed by atoms with van der Waals surface area (Å²) in [4.78, 5) is 0. The number of aliphatic hydroxyl groups is 1. The van der Waals surface area contributed by atoms with Crippen molar-refractivity contribution in [2.75, 3.05) is 0 Å². The molecule has 0 aromatic heterocycles. The summed E-state index contributed by atoms with van der Waals surface area (Å²) in [7, 11) is 0. The second-order valence-corrected chi connectivity index (χ2v) is 9.70. The molecule has 0 heterocycles. The van der Waals surface area contributed by atoms with E-state index in [-0.39, 0.29) is 11.5 Å². The molecule has 2 unspecified atom stereocenters. The van der Waals surface area contributed by atoms with Crippen molar-refractivity contribution in [1.82, 2.24) is 0 Å². The maximum absolute atomic E-state index is 10.5. The minimum atomic E-state index is -0.0977. The zero-order chi connectivity index (χ0) is 15.0. The van der Waals surface area contributed by atoms with Crippen molar-refractivity contribution in [3.05, 3.63) is 12.2 Å². The van der Waals surface area contributed by atoms with E-state index in [1.165, 1.54) is 44.9 Å². The van der Waals surface area contributed by atoms with E-state index in [1.54, 1.807) is 5.57 Å². The average Bonchev–Trinajstić information content (AvgIpc) is 2.65. The molecule has 1 N–H and O–H groups in total. The van der Waals surface area contributed by atoms with Gasteiger partial charge in [0, 0.05) is 0 Å². The van der Waals surface area contributed by atoms with Gasteiger partial charge in [0.15, 0.2) is 0 Å². The lowest BCUT2D eigenvalue weighted by molar-refractivity contribution is -0.180. The van der Waals surface area contributed by atoms with E-state index < -0.39 is 0 Å². The number of hydrogen-bond acceptors (Lipinski definition) is 1. The largest absolute Gasteiger partial charge is 0.393 e. The highest BCUT2D eigenvalue weighted by molar-refractivity contribution is 5.22. The molecule has 1 heteroatoms. The van der Waals surface area contributed by atoms with Crippen molar-refractivity contribution in [3.8, 4) is 0 Å². The van der Waals surface area contributed by atoms with Crippen LogP contribution < -0.4 is 0 Å². The molecule has 21 heavy (non-hydrogen) atoms. The Morgan fingerprint density at radius 2 is 1.76 bits per heavy atom. The molecule has 4 aliphatic carbocycles. The van der Waals surface area contributed by atoms with Crippen LogP contribution in [0.3, 0.4) is 0 Å². The zero-order valence-electron chi connectivity index (χ0n) is 14.1. The fourth-order valence-electron chi connectivity index (χ4n) is 7.57. The quantitative estimate of drug-likeness (QED) is 0.626. The Hall–Kier alpha value is -0.300. The van der Waals surface area contributed by atoms with E-state index in [2.05, 4.69) is 27.4 Å². The van der Waals surface area contributed by atoms with Gasteiger partial charge in [0.2, 0.25) is 0 Å². The fourth-order valence-corrected chi connectivity index (χ4v) is 7.57. The van der Waals surface area contributed by atoms with Gasteiger partial charge >= 0.3 is 0 Å². The fraction of sp³-hybridized carbons (Fsp3) is 0.900. The Labute approximate surface area is 130 Å². The van der Waals surface area contributed by atoms with Gasteiger partial charge in [-0.2, -0.15) is 0 Å². The van der Waals surface area contributed by atoms with Gasteiger partial charge in [-0.05, 0) is 85.4 Å². The highest BCUT2D eigenvalue weighted by Gasteiger charge is 2.64. The minimum absolute atomic E-state index is 0.0977. The summed E-state index contributed by atoms with van der Waals surface area (Å²) in [5, 5.41) is 10.5. The Kier molecular flexibility index (Phi) is 2.83. The Morgan fingerprint density at radius 1 is 1.00 bits per heavy atom. The maximum Gasteiger partial charge on any atom is 0.0594 e. The number of aliphatic hydroxyl groups excluding tert-OH is 1. The van der Waals surface area contributed by atoms with Gasteiger partial charge in [-0.3, -0.25) is 0 Å². The summed E-state index contributed by atoms with van der Waals surface area (Å²) in [6.07, 6.45) is 10.4. The summed E-state index contributed by atoms with van der Waals surface area (Å²) in [5.41, 5.74) is 2.70. The molecule has 118 valence electrons. The van der Waals surface area contributed by atoms with Crippen LogP contribution >= 0.6 is 0 Å². The summed E-state index contributed by atoms with van der Waals surface area (Å²) in [6, 6.07) is 0. The van der Waals surface area contributed by atoms with Crippen LogP contribution in [0, 0.1) is 34.0 Å². The molecule has 4 aliphatic rings. The first-order valence-corrected chi connectivity index (χ1v) is 9.15. The number of allylic oxidation sites excluding steroid dienone is 1. The first-order valence-electron chi connectivity index (χ1n) is 9.15. The lowest BCUT2D eigenvalue weighted by Crippen LogP contribution is -2.59. The monoisotopic (exact) mass is 288 g/mol. The molecule has 4 rings (SSSR count). The minimum Gasteiger partial charge on any atom is -0.393 e. The van der Waals surface area contributed by atoms with Gasteiger partial charge < -0.3 is 5.11 Å². The predicted molar refractivity (Wildman–Crippen MR) is 86.9 cm³/mol. The average molecular weight is 288 g/mol. The van der Waals surface area contributed by atoms with Crippen molar-refractivity contribution in [3.63, 3.8) is 0 Å². The lowest BCUT2D eigenvalue weighted by Gasteiger charge is -2.64. The van der Waals surface area contributed by atoms with Crippen LogP contribution in [0.1, 0.15) is 72.1 Å². The van der Waals surface area contributed by atoms with E-state index in [0.717, 1.165) is 18.3 Å². The van der Waals surface area contributed by atoms with Crippen molar-refractivity contribution in [2.24, 2.45) is 34.0 Å². The second-order valence-electron chi connectivity index (χ2n) is 9.70. The third kappa shape index (κ3) is 1.68. The summed E-state index contributed by atoms with van der Waals surface area (Å²) < 4.78 is 0. The summed E-state index contributed by atoms with van der Waals surface area (Å²) in [6.45, 7) is 11.7. The normalized spacial score (nSPS) is 55.0. The third-order valence-electron chi connectivity index (χ3n) is 8.59. The standard InChI is InChI=1S/C20H32O/c1-13-11-20-10-7-15-18(2,3)17(21)8-9-19(15,4)16(20)6-5-14(13)12-20/h14-17,21H,1,5-12H2,2-4H3/t14-,15?,16?,17+,19+,20+/m0/s1. The molecular formula is C20H32O. The molecule has 0 aromatic rings. The van der Waals surface area contributed by atoms with Crippen molar-refractivity contribution in [1.29, 1.82) is 0 Å².